The van der Waals surface area contributed by atoms with Gasteiger partial charge in [-0.25, -0.2) is 0 Å². The highest BCUT2D eigenvalue weighted by molar-refractivity contribution is 5.77. The lowest BCUT2D eigenvalue weighted by Gasteiger charge is -2.37. The molecule has 24 heavy (non-hydrogen) atoms. The van der Waals surface area contributed by atoms with Gasteiger partial charge in [-0.15, -0.1) is 0 Å². The van der Waals surface area contributed by atoms with Gasteiger partial charge in [-0.2, -0.15) is 0 Å². The van der Waals surface area contributed by atoms with E-state index in [-0.39, 0.29) is 5.91 Å². The Labute approximate surface area is 144 Å². The summed E-state index contributed by atoms with van der Waals surface area (Å²) in [5.41, 5.74) is 2.44. The van der Waals surface area contributed by atoms with Crippen molar-refractivity contribution in [3.8, 4) is 0 Å². The summed E-state index contributed by atoms with van der Waals surface area (Å²) >= 11 is 0. The molecule has 0 aromatic heterocycles. The molecule has 0 atom stereocenters. The van der Waals surface area contributed by atoms with E-state index < -0.39 is 5.79 Å². The molecule has 1 spiro atoms. The fourth-order valence-electron chi connectivity index (χ4n) is 3.57. The summed E-state index contributed by atoms with van der Waals surface area (Å²) in [6, 6.07) is 8.45. The van der Waals surface area contributed by atoms with Crippen molar-refractivity contribution in [3.63, 3.8) is 0 Å². The van der Waals surface area contributed by atoms with Gasteiger partial charge in [0, 0.05) is 51.1 Å². The molecule has 1 aromatic rings. The van der Waals surface area contributed by atoms with Crippen LogP contribution >= 0.6 is 0 Å². The van der Waals surface area contributed by atoms with Gasteiger partial charge in [0.2, 0.25) is 5.91 Å². The first kappa shape index (κ1) is 17.2. The minimum Gasteiger partial charge on any atom is -0.371 e. The maximum absolute atomic E-state index is 12.5. The molecule has 2 saturated heterocycles. The maximum atomic E-state index is 12.5. The monoisotopic (exact) mass is 332 g/mol. The van der Waals surface area contributed by atoms with E-state index in [2.05, 4.69) is 43.0 Å². The number of rotatable bonds is 5. The average Bonchev–Trinajstić information content (AvgIpc) is 3.04. The number of nitrogens with zero attached hydrogens (tertiary/aromatic N) is 2. The zero-order valence-electron chi connectivity index (χ0n) is 14.8. The van der Waals surface area contributed by atoms with Crippen LogP contribution in [0.25, 0.3) is 0 Å². The highest BCUT2D eigenvalue weighted by Gasteiger charge is 2.40. The Kier molecular flexibility index (Phi) is 5.41. The Bertz CT molecular complexity index is 559. The van der Waals surface area contributed by atoms with Crippen LogP contribution in [-0.2, 0) is 14.3 Å². The van der Waals surface area contributed by atoms with Gasteiger partial charge in [0.15, 0.2) is 5.79 Å². The van der Waals surface area contributed by atoms with E-state index in [9.17, 15) is 4.79 Å². The Morgan fingerprint density at radius 2 is 1.96 bits per heavy atom. The Morgan fingerprint density at radius 3 is 2.58 bits per heavy atom. The molecule has 132 valence electrons. The minimum absolute atomic E-state index is 0.231. The molecule has 2 aliphatic rings. The lowest BCUT2D eigenvalue weighted by Crippen LogP contribution is -2.47. The topological polar surface area (TPSA) is 42.0 Å². The van der Waals surface area contributed by atoms with Crippen molar-refractivity contribution in [1.82, 2.24) is 4.90 Å². The highest BCUT2D eigenvalue weighted by atomic mass is 16.7. The van der Waals surface area contributed by atoms with Crippen molar-refractivity contribution in [2.24, 2.45) is 0 Å². The van der Waals surface area contributed by atoms with E-state index in [0.29, 0.717) is 19.6 Å². The van der Waals surface area contributed by atoms with E-state index in [1.807, 2.05) is 4.90 Å². The molecule has 0 unspecified atom stereocenters. The highest BCUT2D eigenvalue weighted by Crippen LogP contribution is 2.31. The van der Waals surface area contributed by atoms with Gasteiger partial charge >= 0.3 is 0 Å². The van der Waals surface area contributed by atoms with Crippen LogP contribution in [0, 0.1) is 6.92 Å². The van der Waals surface area contributed by atoms with Gasteiger partial charge in [-0.3, -0.25) is 4.79 Å². The fraction of sp³-hybridized carbons (Fsp3) is 0.632. The van der Waals surface area contributed by atoms with E-state index >= 15 is 0 Å². The van der Waals surface area contributed by atoms with Gasteiger partial charge < -0.3 is 19.3 Å². The van der Waals surface area contributed by atoms with E-state index in [4.69, 9.17) is 9.47 Å². The average molecular weight is 332 g/mol. The first-order chi connectivity index (χ1) is 11.6. The summed E-state index contributed by atoms with van der Waals surface area (Å²) in [4.78, 5) is 16.8. The first-order valence-electron chi connectivity index (χ1n) is 8.99. The number of hydrogen-bond donors (Lipinski definition) is 0. The van der Waals surface area contributed by atoms with Gasteiger partial charge in [0.25, 0.3) is 0 Å². The molecule has 3 rings (SSSR count). The smallest absolute Gasteiger partial charge is 0.224 e. The normalized spacial score (nSPS) is 19.7. The molecule has 2 aliphatic heterocycles. The van der Waals surface area contributed by atoms with Crippen molar-refractivity contribution in [2.75, 3.05) is 44.3 Å². The Morgan fingerprint density at radius 1 is 1.25 bits per heavy atom. The number of piperidine rings is 1. The molecule has 5 nitrogen and oxygen atoms in total. The third-order valence-electron chi connectivity index (χ3n) is 5.04. The van der Waals surface area contributed by atoms with Crippen LogP contribution in [0.3, 0.4) is 0 Å². The number of aryl methyl sites for hydroxylation is 1. The second kappa shape index (κ2) is 7.53. The van der Waals surface area contributed by atoms with Crippen molar-refractivity contribution in [1.29, 1.82) is 0 Å². The maximum Gasteiger partial charge on any atom is 0.224 e. The van der Waals surface area contributed by atoms with Crippen molar-refractivity contribution >= 4 is 11.6 Å². The predicted molar refractivity (Wildman–Crippen MR) is 94.1 cm³/mol. The summed E-state index contributed by atoms with van der Waals surface area (Å²) < 4.78 is 11.5. The summed E-state index contributed by atoms with van der Waals surface area (Å²) in [7, 11) is 0. The number of benzene rings is 1. The van der Waals surface area contributed by atoms with E-state index in [0.717, 1.165) is 39.0 Å². The number of ether oxygens (including phenoxy) is 2. The minimum atomic E-state index is -0.409. The number of carbonyl (C=O) groups is 1. The van der Waals surface area contributed by atoms with Crippen LogP contribution in [-0.4, -0.2) is 56.0 Å². The van der Waals surface area contributed by atoms with E-state index in [1.165, 1.54) is 11.3 Å². The molecule has 0 bridgehead atoms. The lowest BCUT2D eigenvalue weighted by atomic mass is 10.0. The summed E-state index contributed by atoms with van der Waals surface area (Å²) in [6.45, 7) is 8.71. The fourth-order valence-corrected chi connectivity index (χ4v) is 3.57. The zero-order chi connectivity index (χ0) is 17.0. The molecule has 5 heteroatoms. The van der Waals surface area contributed by atoms with Gasteiger partial charge in [-0.1, -0.05) is 12.1 Å². The van der Waals surface area contributed by atoms with Crippen LogP contribution in [0.15, 0.2) is 24.3 Å². The van der Waals surface area contributed by atoms with Gasteiger partial charge in [0.05, 0.1) is 13.2 Å². The Balaban J connectivity index is 1.50. The molecule has 0 saturated carbocycles. The second-order valence-corrected chi connectivity index (χ2v) is 6.66. The number of carbonyl (C=O) groups excluding carboxylic acids is 1. The van der Waals surface area contributed by atoms with Crippen LogP contribution < -0.4 is 4.90 Å². The molecular weight excluding hydrogens is 304 g/mol. The number of likely N-dealkylation sites (tertiary alicyclic amines) is 1. The molecular formula is C19H28N2O3. The molecule has 2 fully saturated rings. The first-order valence-corrected chi connectivity index (χ1v) is 8.99. The van der Waals surface area contributed by atoms with Crippen molar-refractivity contribution in [3.05, 3.63) is 29.8 Å². The molecule has 0 radical (unpaired) electrons. The van der Waals surface area contributed by atoms with E-state index in [1.54, 1.807) is 0 Å². The third kappa shape index (κ3) is 3.90. The molecule has 2 heterocycles. The number of anilines is 1. The Hall–Kier alpha value is -1.59. The molecule has 1 aromatic carbocycles. The van der Waals surface area contributed by atoms with Crippen LogP contribution in [0.1, 0.15) is 31.7 Å². The van der Waals surface area contributed by atoms with Crippen LogP contribution in [0.2, 0.25) is 0 Å². The number of amides is 1. The molecule has 0 N–H and O–H groups in total. The third-order valence-corrected chi connectivity index (χ3v) is 5.04. The molecule has 0 aliphatic carbocycles. The van der Waals surface area contributed by atoms with Crippen molar-refractivity contribution < 1.29 is 14.3 Å². The van der Waals surface area contributed by atoms with Crippen molar-refractivity contribution in [2.45, 2.75) is 38.9 Å². The number of hydrogen-bond acceptors (Lipinski definition) is 4. The summed E-state index contributed by atoms with van der Waals surface area (Å²) in [5, 5.41) is 0. The largest absolute Gasteiger partial charge is 0.371 e. The predicted octanol–water partition coefficient (Wildman–Crippen LogP) is 2.58. The second-order valence-electron chi connectivity index (χ2n) is 6.66. The summed E-state index contributed by atoms with van der Waals surface area (Å²) in [5.74, 6) is -0.178. The summed E-state index contributed by atoms with van der Waals surface area (Å²) in [6.07, 6.45) is 2.12. The SMILES string of the molecule is CCN(CCC(=O)N1CCC2(CC1)OCCO2)c1cccc(C)c1. The van der Waals surface area contributed by atoms with Crippen LogP contribution in [0.5, 0.6) is 0 Å². The zero-order valence-corrected chi connectivity index (χ0v) is 14.8. The van der Waals surface area contributed by atoms with Gasteiger partial charge in [-0.05, 0) is 31.5 Å². The van der Waals surface area contributed by atoms with Crippen LogP contribution in [0.4, 0.5) is 5.69 Å². The standard InChI is InChI=1S/C19H28N2O3/c1-3-20(17-6-4-5-16(2)15-17)10-7-18(22)21-11-8-19(9-12-21)23-13-14-24-19/h4-6,15H,3,7-14H2,1-2H3. The lowest BCUT2D eigenvalue weighted by molar-refractivity contribution is -0.187. The molecule has 1 amide bonds. The quantitative estimate of drug-likeness (QED) is 0.831. The van der Waals surface area contributed by atoms with Gasteiger partial charge in [0.1, 0.15) is 0 Å².